The fourth-order valence-corrected chi connectivity index (χ4v) is 1.00. The van der Waals surface area contributed by atoms with Crippen molar-refractivity contribution < 1.29 is 9.53 Å². The molecule has 1 aliphatic heterocycles. The van der Waals surface area contributed by atoms with Crippen LogP contribution in [0.15, 0.2) is 17.3 Å². The summed E-state index contributed by atoms with van der Waals surface area (Å²) >= 11 is 0. The number of allylic oxidation sites excluding steroid dienone is 1. The Morgan fingerprint density at radius 2 is 2.33 bits per heavy atom. The molecule has 5 heteroatoms. The van der Waals surface area contributed by atoms with Gasteiger partial charge in [0.25, 0.3) is 0 Å². The van der Waals surface area contributed by atoms with E-state index in [1.54, 1.807) is 6.21 Å². The Kier molecular flexibility index (Phi) is 3.71. The Hall–Kier alpha value is -1.52. The zero-order valence-corrected chi connectivity index (χ0v) is 9.36. The molecule has 0 radical (unpaired) electrons. The van der Waals surface area contributed by atoms with Crippen molar-refractivity contribution >= 4 is 12.3 Å². The zero-order valence-electron chi connectivity index (χ0n) is 9.36. The maximum Gasteiger partial charge on any atom is 0.409 e. The van der Waals surface area contributed by atoms with Crippen molar-refractivity contribution in [3.63, 3.8) is 0 Å². The molecular weight excluding hydrogens is 194 g/mol. The predicted molar refractivity (Wildman–Crippen MR) is 58.6 cm³/mol. The highest BCUT2D eigenvalue weighted by molar-refractivity contribution is 5.71. The van der Waals surface area contributed by atoms with Gasteiger partial charge in [-0.15, -0.1) is 0 Å². The summed E-state index contributed by atoms with van der Waals surface area (Å²) in [6.45, 7) is 6.46. The number of rotatable bonds is 2. The number of hydrogen-bond acceptors (Lipinski definition) is 4. The van der Waals surface area contributed by atoms with Crippen LogP contribution in [-0.2, 0) is 4.74 Å². The van der Waals surface area contributed by atoms with E-state index < -0.39 is 11.7 Å². The lowest BCUT2D eigenvalue weighted by Gasteiger charge is -2.23. The Morgan fingerprint density at radius 3 is 2.87 bits per heavy atom. The molecule has 0 aromatic heterocycles. The molecule has 1 heterocycles. The third-order valence-corrected chi connectivity index (χ3v) is 1.58. The SMILES string of the molecule is CC(C)(C)OC(=O)NCN1C=CC=NC1. The smallest absolute Gasteiger partial charge is 0.409 e. The minimum absolute atomic E-state index is 0.406. The molecule has 0 aromatic rings. The first-order valence-corrected chi connectivity index (χ1v) is 4.85. The zero-order chi connectivity index (χ0) is 11.3. The Labute approximate surface area is 89.8 Å². The van der Waals surface area contributed by atoms with Gasteiger partial charge in [-0.3, -0.25) is 4.99 Å². The first kappa shape index (κ1) is 11.6. The normalized spacial score (nSPS) is 15.3. The van der Waals surface area contributed by atoms with Gasteiger partial charge in [0.05, 0.1) is 6.67 Å². The van der Waals surface area contributed by atoms with Crippen molar-refractivity contribution in [2.24, 2.45) is 4.99 Å². The van der Waals surface area contributed by atoms with E-state index in [4.69, 9.17) is 4.74 Å². The molecule has 5 nitrogen and oxygen atoms in total. The van der Waals surface area contributed by atoms with Crippen molar-refractivity contribution in [3.8, 4) is 0 Å². The maximum absolute atomic E-state index is 11.3. The average molecular weight is 211 g/mol. The highest BCUT2D eigenvalue weighted by Gasteiger charge is 2.16. The number of aliphatic imine (C=N–C) groups is 1. The quantitative estimate of drug-likeness (QED) is 0.749. The molecule has 1 N–H and O–H groups in total. The van der Waals surface area contributed by atoms with Crippen LogP contribution in [0.5, 0.6) is 0 Å². The number of carbonyl (C=O) groups excluding carboxylic acids is 1. The van der Waals surface area contributed by atoms with Gasteiger partial charge >= 0.3 is 6.09 Å². The van der Waals surface area contributed by atoms with Crippen LogP contribution in [0.1, 0.15) is 20.8 Å². The molecule has 0 atom stereocenters. The first-order valence-electron chi connectivity index (χ1n) is 4.85. The fourth-order valence-electron chi connectivity index (χ4n) is 1.00. The number of nitrogens with one attached hydrogen (secondary N) is 1. The second kappa shape index (κ2) is 4.82. The standard InChI is InChI=1S/C10H17N3O2/c1-10(2,3)15-9(14)12-8-13-6-4-5-11-7-13/h4-6H,7-8H2,1-3H3,(H,12,14). The summed E-state index contributed by atoms with van der Waals surface area (Å²) in [6, 6.07) is 0. The predicted octanol–water partition coefficient (Wildman–Crippen LogP) is 1.33. The van der Waals surface area contributed by atoms with Gasteiger partial charge in [-0.1, -0.05) is 0 Å². The van der Waals surface area contributed by atoms with Gasteiger partial charge in [0.2, 0.25) is 0 Å². The number of nitrogens with zero attached hydrogens (tertiary/aromatic N) is 2. The molecule has 0 unspecified atom stereocenters. The van der Waals surface area contributed by atoms with Crippen LogP contribution in [-0.4, -0.2) is 36.1 Å². The number of carbonyl (C=O) groups is 1. The molecule has 0 saturated heterocycles. The van der Waals surface area contributed by atoms with Gasteiger partial charge in [0, 0.05) is 12.4 Å². The molecule has 1 aliphatic rings. The van der Waals surface area contributed by atoms with E-state index in [1.165, 1.54) is 0 Å². The van der Waals surface area contributed by atoms with Crippen molar-refractivity contribution in [2.45, 2.75) is 26.4 Å². The molecule has 84 valence electrons. The van der Waals surface area contributed by atoms with Gasteiger partial charge in [0.1, 0.15) is 12.3 Å². The van der Waals surface area contributed by atoms with E-state index in [9.17, 15) is 4.79 Å². The third-order valence-electron chi connectivity index (χ3n) is 1.58. The largest absolute Gasteiger partial charge is 0.444 e. The van der Waals surface area contributed by atoms with Crippen molar-refractivity contribution in [1.29, 1.82) is 0 Å². The van der Waals surface area contributed by atoms with Crippen LogP contribution in [0.3, 0.4) is 0 Å². The number of amides is 1. The highest BCUT2D eigenvalue weighted by atomic mass is 16.6. The fraction of sp³-hybridized carbons (Fsp3) is 0.600. The Balaban J connectivity index is 2.22. The summed E-state index contributed by atoms with van der Waals surface area (Å²) in [6.07, 6.45) is 5.00. The van der Waals surface area contributed by atoms with Crippen molar-refractivity contribution in [3.05, 3.63) is 12.3 Å². The Morgan fingerprint density at radius 1 is 1.60 bits per heavy atom. The van der Waals surface area contributed by atoms with E-state index in [0.717, 1.165) is 0 Å². The number of ether oxygens (including phenoxy) is 1. The van der Waals surface area contributed by atoms with Gasteiger partial charge in [0.15, 0.2) is 0 Å². The lowest BCUT2D eigenvalue weighted by atomic mass is 10.2. The van der Waals surface area contributed by atoms with E-state index in [2.05, 4.69) is 10.3 Å². The lowest BCUT2D eigenvalue weighted by molar-refractivity contribution is 0.0504. The van der Waals surface area contributed by atoms with Crippen molar-refractivity contribution in [1.82, 2.24) is 10.2 Å². The minimum Gasteiger partial charge on any atom is -0.444 e. The second-order valence-electron chi connectivity index (χ2n) is 4.24. The van der Waals surface area contributed by atoms with E-state index >= 15 is 0 Å². The second-order valence-corrected chi connectivity index (χ2v) is 4.24. The molecule has 1 rings (SSSR count). The molecule has 0 spiro atoms. The molecule has 0 aliphatic carbocycles. The van der Waals surface area contributed by atoms with Crippen LogP contribution in [0.2, 0.25) is 0 Å². The van der Waals surface area contributed by atoms with E-state index in [1.807, 2.05) is 37.9 Å². The Bertz CT molecular complexity index is 279. The molecule has 0 saturated carbocycles. The topological polar surface area (TPSA) is 53.9 Å². The summed E-state index contributed by atoms with van der Waals surface area (Å²) in [4.78, 5) is 17.2. The first-order chi connectivity index (χ1) is 6.97. The van der Waals surface area contributed by atoms with Crippen LogP contribution < -0.4 is 5.32 Å². The van der Waals surface area contributed by atoms with Crippen LogP contribution in [0.25, 0.3) is 0 Å². The lowest BCUT2D eigenvalue weighted by Crippen LogP contribution is -2.39. The molecular formula is C10H17N3O2. The van der Waals surface area contributed by atoms with Gasteiger partial charge < -0.3 is 15.0 Å². The minimum atomic E-state index is -0.458. The van der Waals surface area contributed by atoms with Gasteiger partial charge in [-0.25, -0.2) is 4.79 Å². The summed E-state index contributed by atoms with van der Waals surface area (Å²) in [5.41, 5.74) is -0.458. The van der Waals surface area contributed by atoms with Gasteiger partial charge in [-0.2, -0.15) is 0 Å². The number of hydrogen-bond donors (Lipinski definition) is 1. The van der Waals surface area contributed by atoms with Gasteiger partial charge in [-0.05, 0) is 26.8 Å². The molecule has 15 heavy (non-hydrogen) atoms. The van der Waals surface area contributed by atoms with E-state index in [-0.39, 0.29) is 0 Å². The van der Waals surface area contributed by atoms with Crippen LogP contribution >= 0.6 is 0 Å². The molecule has 0 bridgehead atoms. The highest BCUT2D eigenvalue weighted by Crippen LogP contribution is 2.06. The monoisotopic (exact) mass is 211 g/mol. The summed E-state index contributed by atoms with van der Waals surface area (Å²) in [5, 5.41) is 2.65. The van der Waals surface area contributed by atoms with Crippen molar-refractivity contribution in [2.75, 3.05) is 13.3 Å². The van der Waals surface area contributed by atoms with E-state index in [0.29, 0.717) is 13.3 Å². The van der Waals surface area contributed by atoms with Crippen LogP contribution in [0, 0.1) is 0 Å². The molecule has 0 aromatic carbocycles. The summed E-state index contributed by atoms with van der Waals surface area (Å²) in [7, 11) is 0. The molecule has 0 fully saturated rings. The maximum atomic E-state index is 11.3. The van der Waals surface area contributed by atoms with Crippen LogP contribution in [0.4, 0.5) is 4.79 Å². The average Bonchev–Trinajstić information content (AvgIpc) is 2.14. The molecule has 1 amide bonds. The number of alkyl carbamates (subject to hydrolysis) is 1. The summed E-state index contributed by atoms with van der Waals surface area (Å²) < 4.78 is 5.09. The third kappa shape index (κ3) is 5.05. The summed E-state index contributed by atoms with van der Waals surface area (Å²) in [5.74, 6) is 0.